The van der Waals surface area contributed by atoms with E-state index >= 15 is 0 Å². The zero-order valence-corrected chi connectivity index (χ0v) is 28.6. The van der Waals surface area contributed by atoms with Crippen molar-refractivity contribution >= 4 is 13.4 Å². The van der Waals surface area contributed by atoms with Gasteiger partial charge in [-0.05, 0) is 12.8 Å². The van der Waals surface area contributed by atoms with Crippen molar-refractivity contribution in [1.29, 1.82) is 0 Å². The highest BCUT2D eigenvalue weighted by Crippen LogP contribution is 2.36. The Labute approximate surface area is 237 Å². The van der Waals surface area contributed by atoms with Crippen LogP contribution in [0.25, 0.3) is 0 Å². The molecule has 0 aromatic carbocycles. The Bertz CT molecular complexity index is 361. The van der Waals surface area contributed by atoms with Crippen molar-refractivity contribution in [1.82, 2.24) is 0 Å². The van der Waals surface area contributed by atoms with Crippen LogP contribution in [0.15, 0.2) is 0 Å². The second-order valence-electron chi connectivity index (χ2n) is 11.7. The molecule has 7 atom stereocenters. The van der Waals surface area contributed by atoms with Crippen molar-refractivity contribution in [3.63, 3.8) is 0 Å². The molecule has 0 saturated carbocycles. The van der Waals surface area contributed by atoms with Crippen LogP contribution in [-0.2, 0) is 4.74 Å². The van der Waals surface area contributed by atoms with E-state index < -0.39 is 0 Å². The highest BCUT2D eigenvalue weighted by Gasteiger charge is 2.30. The molecular weight excluding hydrogens is 452 g/mol. The zero-order chi connectivity index (χ0) is 30.1. The fourth-order valence-corrected chi connectivity index (χ4v) is 5.16. The van der Waals surface area contributed by atoms with Crippen molar-refractivity contribution in [2.45, 2.75) is 196 Å². The Balaban J connectivity index is -0.000000212. The largest absolute Gasteiger partial charge is 0.367 e. The summed E-state index contributed by atoms with van der Waals surface area (Å²) in [6.07, 6.45) is 9.56. The summed E-state index contributed by atoms with van der Waals surface area (Å²) in [5.41, 5.74) is 15.4. The average Bonchev–Trinajstić information content (AvgIpc) is 2.92. The van der Waals surface area contributed by atoms with E-state index in [1.807, 2.05) is 13.8 Å². The third-order valence-corrected chi connectivity index (χ3v) is 8.98. The number of rotatable bonds is 15. The molecule has 0 aromatic heterocycles. The van der Waals surface area contributed by atoms with Crippen molar-refractivity contribution in [3.05, 3.63) is 0 Å². The monoisotopic (exact) mass is 528 g/mol. The maximum Gasteiger partial charge on any atom is 0.148 e. The van der Waals surface area contributed by atoms with Crippen LogP contribution in [0.4, 0.5) is 0 Å². The molecule has 226 valence electrons. The maximum atomic E-state index is 5.25. The van der Waals surface area contributed by atoms with Crippen LogP contribution in [-0.4, -0.2) is 32.9 Å². The molecule has 0 aliphatic rings. The lowest BCUT2D eigenvalue weighted by Gasteiger charge is -2.30. The van der Waals surface area contributed by atoms with Crippen LogP contribution in [0.3, 0.4) is 0 Å². The Morgan fingerprint density at radius 2 is 0.622 bits per heavy atom. The molecule has 0 fully saturated rings. The van der Waals surface area contributed by atoms with Gasteiger partial charge in [-0.1, -0.05) is 170 Å². The van der Waals surface area contributed by atoms with E-state index in [2.05, 4.69) is 87.8 Å². The molecule has 7 unspecified atom stereocenters. The van der Waals surface area contributed by atoms with Gasteiger partial charge in [-0.25, -0.2) is 0 Å². The van der Waals surface area contributed by atoms with Crippen LogP contribution >= 0.6 is 0 Å². The lowest BCUT2D eigenvalue weighted by Crippen LogP contribution is -2.28. The van der Waals surface area contributed by atoms with E-state index in [9.17, 15) is 0 Å². The summed E-state index contributed by atoms with van der Waals surface area (Å²) in [6.45, 7) is 34.2. The summed E-state index contributed by atoms with van der Waals surface area (Å²) in [5.74, 6) is 5.36. The van der Waals surface area contributed by atoms with Gasteiger partial charge in [0.1, 0.15) is 19.7 Å². The number of nitrogens with two attached hydrogens (primary N) is 3. The number of methoxy groups -OCH3 is 1. The van der Waals surface area contributed by atoms with Crippen LogP contribution in [0.5, 0.6) is 0 Å². The lowest BCUT2D eigenvalue weighted by atomic mass is 9.27. The van der Waals surface area contributed by atoms with Gasteiger partial charge in [0.05, 0.1) is 6.17 Å². The molecule has 0 saturated heterocycles. The van der Waals surface area contributed by atoms with E-state index in [1.165, 1.54) is 38.5 Å². The fraction of sp³-hybridized carbons (Fsp3) is 1.00. The van der Waals surface area contributed by atoms with Gasteiger partial charge >= 0.3 is 0 Å². The van der Waals surface area contributed by atoms with Crippen LogP contribution in [0.1, 0.15) is 148 Å². The van der Waals surface area contributed by atoms with Gasteiger partial charge in [-0.15, -0.1) is 0 Å². The van der Waals surface area contributed by atoms with Crippen molar-refractivity contribution < 1.29 is 4.74 Å². The van der Waals surface area contributed by atoms with Gasteiger partial charge in [0.25, 0.3) is 0 Å². The molecule has 6 heteroatoms. The van der Waals surface area contributed by atoms with E-state index in [1.54, 1.807) is 7.11 Å². The van der Waals surface area contributed by atoms with Gasteiger partial charge in [-0.3, -0.25) is 0 Å². The van der Waals surface area contributed by atoms with E-state index in [-0.39, 0.29) is 12.4 Å². The molecule has 0 aromatic rings. The van der Waals surface area contributed by atoms with Gasteiger partial charge in [0.2, 0.25) is 0 Å². The third kappa shape index (κ3) is 23.6. The second-order valence-corrected chi connectivity index (χ2v) is 11.7. The Morgan fingerprint density at radius 1 is 0.432 bits per heavy atom. The number of hydrogen-bond donors (Lipinski definition) is 3. The summed E-state index contributed by atoms with van der Waals surface area (Å²) >= 11 is 0. The molecule has 4 nitrogen and oxygen atoms in total. The predicted octanol–water partition coefficient (Wildman–Crippen LogP) is 9.73. The van der Waals surface area contributed by atoms with Crippen molar-refractivity contribution in [2.24, 2.45) is 17.2 Å². The lowest BCUT2D eigenvalue weighted by molar-refractivity contribution is 0.105. The first-order valence-corrected chi connectivity index (χ1v) is 16.0. The van der Waals surface area contributed by atoms with Crippen molar-refractivity contribution in [3.8, 4) is 0 Å². The van der Waals surface area contributed by atoms with Gasteiger partial charge in [-0.2, -0.15) is 0 Å². The minimum absolute atomic E-state index is 0.0648. The quantitative estimate of drug-likeness (QED) is 0.146. The van der Waals surface area contributed by atoms with Gasteiger partial charge < -0.3 is 21.9 Å². The second kappa shape index (κ2) is 29.0. The first-order valence-electron chi connectivity index (χ1n) is 16.0. The zero-order valence-electron chi connectivity index (χ0n) is 28.6. The van der Waals surface area contributed by atoms with Crippen LogP contribution in [0, 0.1) is 0 Å². The Kier molecular flexibility index (Phi) is 34.4. The number of ether oxygens (including phenoxy) is 1. The summed E-state index contributed by atoms with van der Waals surface area (Å²) in [4.78, 5) is 0. The minimum atomic E-state index is -0.116. The topological polar surface area (TPSA) is 87.3 Å². The highest BCUT2D eigenvalue weighted by molar-refractivity contribution is 6.63. The predicted molar refractivity (Wildman–Crippen MR) is 178 cm³/mol. The summed E-state index contributed by atoms with van der Waals surface area (Å²) in [5, 5.41) is 0. The Morgan fingerprint density at radius 3 is 0.676 bits per heavy atom. The molecule has 0 bridgehead atoms. The molecule has 0 aliphatic heterocycles. The number of hydrogen-bond acceptors (Lipinski definition) is 4. The molecule has 0 heterocycles. The fourth-order valence-electron chi connectivity index (χ4n) is 5.16. The maximum absolute atomic E-state index is 5.25. The molecule has 0 aliphatic carbocycles. The first kappa shape index (κ1) is 44.0. The molecule has 0 amide bonds. The normalized spacial score (nSPS) is 16.3. The van der Waals surface area contributed by atoms with Crippen LogP contribution in [0.2, 0.25) is 34.9 Å². The summed E-state index contributed by atoms with van der Waals surface area (Å²) < 4.78 is 4.68. The van der Waals surface area contributed by atoms with E-state index in [4.69, 9.17) is 17.2 Å². The SMILES string of the molecule is CCC(C)B(C(C)CC)C(C)CC.CCC(C)B(C(C)CC)C(C)CC.CCC(N)N.CCC(N)OC. The van der Waals surface area contributed by atoms with Crippen molar-refractivity contribution in [2.75, 3.05) is 7.11 Å². The molecule has 6 N–H and O–H groups in total. The first-order chi connectivity index (χ1) is 17.2. The highest BCUT2D eigenvalue weighted by atomic mass is 16.5. The standard InChI is InChI=1S/2C12H27B.C4H11NO.C3H10N2/c2*1-7-10(4)13(11(5)8-2)12(6)9-3;1-3-4(5)6-2;1-2-3(4)5/h2*10-12H,7-9H2,1-6H3;4H,3,5H2,1-2H3;3H,2,4-5H2,1H3. The molecule has 0 rings (SSSR count). The molecule has 0 radical (unpaired) electrons. The molecular formula is C31H75B2N3O. The van der Waals surface area contributed by atoms with E-state index in [0.29, 0.717) is 0 Å². The molecule has 0 spiro atoms. The van der Waals surface area contributed by atoms with Crippen LogP contribution < -0.4 is 17.2 Å². The molecule has 37 heavy (non-hydrogen) atoms. The summed E-state index contributed by atoms with van der Waals surface area (Å²) in [7, 11) is 1.61. The van der Waals surface area contributed by atoms with Gasteiger partial charge in [0, 0.05) is 7.11 Å². The summed E-state index contributed by atoms with van der Waals surface area (Å²) in [6, 6.07) is 0. The van der Waals surface area contributed by atoms with Gasteiger partial charge in [0.15, 0.2) is 0 Å². The smallest absolute Gasteiger partial charge is 0.148 e. The Hall–Kier alpha value is -0.0301. The third-order valence-electron chi connectivity index (χ3n) is 8.98. The minimum Gasteiger partial charge on any atom is -0.367 e. The van der Waals surface area contributed by atoms with E-state index in [0.717, 1.165) is 61.2 Å². The average molecular weight is 528 g/mol.